The summed E-state index contributed by atoms with van der Waals surface area (Å²) in [7, 11) is 0. The van der Waals surface area contributed by atoms with Crippen molar-refractivity contribution >= 4 is 29.7 Å². The topological polar surface area (TPSA) is 105 Å². The minimum Gasteiger partial charge on any atom is -0.488 e. The number of hydrogen-bond donors (Lipinski definition) is 0. The fourth-order valence-electron chi connectivity index (χ4n) is 6.50. The number of benzene rings is 4. The number of amides is 1. The predicted molar refractivity (Wildman–Crippen MR) is 211 cm³/mol. The van der Waals surface area contributed by atoms with Crippen molar-refractivity contribution in [1.82, 2.24) is 9.88 Å². The first-order valence-electron chi connectivity index (χ1n) is 17.8. The standard InChI is InChI=1S/C44H43ClN4O5/c1-29-9-6-7-11-36(29)33-13-14-40(48-15-17-49(18-16-48)43(51)54-44(3,4)5)38(20-33)37-12-8-10-34(30(37)2)28-53-42-22-41(35(26-50)21-39(42)45)52-27-32-19-31(23-46)24-47-25-32/h6-14,19-22,24-26H,15-18,27-28H2,1-5H3. The summed E-state index contributed by atoms with van der Waals surface area (Å²) in [4.78, 5) is 32.9. The Balaban J connectivity index is 1.28. The molecule has 276 valence electrons. The van der Waals surface area contributed by atoms with E-state index in [9.17, 15) is 14.9 Å². The van der Waals surface area contributed by atoms with Crippen LogP contribution in [0.5, 0.6) is 11.5 Å². The molecule has 0 bridgehead atoms. The Morgan fingerprint density at radius 2 is 1.61 bits per heavy atom. The summed E-state index contributed by atoms with van der Waals surface area (Å²) in [5.41, 5.74) is 9.55. The summed E-state index contributed by atoms with van der Waals surface area (Å²) in [6.07, 6.45) is 3.48. The van der Waals surface area contributed by atoms with Gasteiger partial charge in [0.2, 0.25) is 0 Å². The number of aryl methyl sites for hydroxylation is 1. The maximum absolute atomic E-state index is 12.8. The zero-order valence-corrected chi connectivity index (χ0v) is 31.9. The molecule has 0 aliphatic carbocycles. The van der Waals surface area contributed by atoms with Crippen LogP contribution in [0, 0.1) is 25.2 Å². The van der Waals surface area contributed by atoms with Crippen LogP contribution in [0.15, 0.2) is 91.3 Å². The monoisotopic (exact) mass is 742 g/mol. The molecule has 0 spiro atoms. The minimum absolute atomic E-state index is 0.103. The van der Waals surface area contributed by atoms with Crippen LogP contribution in [0.1, 0.15) is 58.9 Å². The Kier molecular flexibility index (Phi) is 11.5. The Labute approximate surface area is 321 Å². The van der Waals surface area contributed by atoms with Crippen molar-refractivity contribution in [2.45, 2.75) is 53.4 Å². The van der Waals surface area contributed by atoms with E-state index in [-0.39, 0.29) is 29.9 Å². The quantitative estimate of drug-likeness (QED) is 0.130. The van der Waals surface area contributed by atoms with E-state index >= 15 is 0 Å². The number of carbonyl (C=O) groups excluding carboxylic acids is 2. The smallest absolute Gasteiger partial charge is 0.410 e. The van der Waals surface area contributed by atoms with E-state index in [4.69, 9.17) is 25.8 Å². The second kappa shape index (κ2) is 16.4. The highest BCUT2D eigenvalue weighted by molar-refractivity contribution is 6.32. The van der Waals surface area contributed by atoms with E-state index < -0.39 is 5.60 Å². The van der Waals surface area contributed by atoms with E-state index in [1.54, 1.807) is 23.2 Å². The van der Waals surface area contributed by atoms with Crippen molar-refractivity contribution in [3.63, 3.8) is 0 Å². The van der Waals surface area contributed by atoms with Crippen LogP contribution in [0.4, 0.5) is 10.5 Å². The fourth-order valence-corrected chi connectivity index (χ4v) is 6.73. The van der Waals surface area contributed by atoms with Gasteiger partial charge in [-0.05, 0) is 92.3 Å². The van der Waals surface area contributed by atoms with Gasteiger partial charge in [0.1, 0.15) is 36.4 Å². The van der Waals surface area contributed by atoms with Gasteiger partial charge < -0.3 is 24.0 Å². The molecule has 1 aliphatic rings. The maximum Gasteiger partial charge on any atom is 0.410 e. The third kappa shape index (κ3) is 8.84. The lowest BCUT2D eigenvalue weighted by molar-refractivity contribution is 0.0240. The number of carbonyl (C=O) groups is 2. The number of aromatic nitrogens is 1. The van der Waals surface area contributed by atoms with Gasteiger partial charge >= 0.3 is 6.09 Å². The van der Waals surface area contributed by atoms with Gasteiger partial charge in [0.25, 0.3) is 0 Å². The number of rotatable bonds is 10. The predicted octanol–water partition coefficient (Wildman–Crippen LogP) is 9.59. The number of aldehydes is 1. The van der Waals surface area contributed by atoms with Crippen LogP contribution >= 0.6 is 11.6 Å². The van der Waals surface area contributed by atoms with Crippen molar-refractivity contribution in [1.29, 1.82) is 5.26 Å². The molecule has 1 amide bonds. The molecular weight excluding hydrogens is 700 g/mol. The van der Waals surface area contributed by atoms with Crippen LogP contribution in [-0.2, 0) is 18.0 Å². The number of anilines is 1. The molecule has 0 atom stereocenters. The van der Waals surface area contributed by atoms with Crippen LogP contribution in [0.3, 0.4) is 0 Å². The summed E-state index contributed by atoms with van der Waals surface area (Å²) < 4.78 is 17.9. The number of hydrogen-bond acceptors (Lipinski definition) is 8. The number of pyridine rings is 1. The third-order valence-corrected chi connectivity index (χ3v) is 9.65. The second-order valence-electron chi connectivity index (χ2n) is 14.3. The second-order valence-corrected chi connectivity index (χ2v) is 14.7. The minimum atomic E-state index is -0.552. The Bertz CT molecular complexity index is 2220. The van der Waals surface area contributed by atoms with Gasteiger partial charge in [-0.1, -0.05) is 60.1 Å². The molecular formula is C44H43ClN4O5. The first kappa shape index (κ1) is 37.9. The Hall–Kier alpha value is -5.85. The number of piperazine rings is 1. The van der Waals surface area contributed by atoms with E-state index in [2.05, 4.69) is 72.3 Å². The normalized spacial score (nSPS) is 12.9. The molecule has 4 aromatic carbocycles. The average Bonchev–Trinajstić information content (AvgIpc) is 3.16. The van der Waals surface area contributed by atoms with Gasteiger partial charge in [-0.25, -0.2) is 4.79 Å². The van der Waals surface area contributed by atoms with Gasteiger partial charge in [-0.3, -0.25) is 9.78 Å². The first-order valence-corrected chi connectivity index (χ1v) is 18.2. The van der Waals surface area contributed by atoms with E-state index in [1.807, 2.05) is 39.0 Å². The van der Waals surface area contributed by atoms with Gasteiger partial charge in [-0.2, -0.15) is 5.26 Å². The van der Waals surface area contributed by atoms with Gasteiger partial charge in [0.15, 0.2) is 6.29 Å². The largest absolute Gasteiger partial charge is 0.488 e. The molecule has 0 unspecified atom stereocenters. The summed E-state index contributed by atoms with van der Waals surface area (Å²) in [6, 6.07) is 28.1. The Morgan fingerprint density at radius 3 is 2.33 bits per heavy atom. The molecule has 5 aromatic rings. The molecule has 1 fully saturated rings. The number of halogens is 1. The highest BCUT2D eigenvalue weighted by atomic mass is 35.5. The zero-order valence-electron chi connectivity index (χ0n) is 31.2. The number of ether oxygens (including phenoxy) is 3. The molecule has 1 aromatic heterocycles. The van der Waals surface area contributed by atoms with Crippen LogP contribution in [0.25, 0.3) is 22.3 Å². The molecule has 0 N–H and O–H groups in total. The molecule has 1 saturated heterocycles. The summed E-state index contributed by atoms with van der Waals surface area (Å²) >= 11 is 6.60. The van der Waals surface area contributed by atoms with E-state index in [0.29, 0.717) is 55.1 Å². The van der Waals surface area contributed by atoms with Crippen molar-refractivity contribution in [3.8, 4) is 39.8 Å². The van der Waals surface area contributed by atoms with Crippen molar-refractivity contribution in [2.75, 3.05) is 31.1 Å². The fraction of sp³-hybridized carbons (Fsp3) is 0.273. The lowest BCUT2D eigenvalue weighted by atomic mass is 9.91. The molecule has 0 saturated carbocycles. The average molecular weight is 743 g/mol. The maximum atomic E-state index is 12.8. The van der Waals surface area contributed by atoms with Crippen molar-refractivity contribution in [3.05, 3.63) is 130 Å². The van der Waals surface area contributed by atoms with E-state index in [1.165, 1.54) is 17.8 Å². The molecule has 2 heterocycles. The molecule has 9 nitrogen and oxygen atoms in total. The van der Waals surface area contributed by atoms with Crippen LogP contribution < -0.4 is 14.4 Å². The molecule has 0 radical (unpaired) electrons. The SMILES string of the molecule is Cc1ccccc1-c1ccc(N2CCN(C(=O)OC(C)(C)C)CC2)c(-c2cccc(COc3cc(OCc4cncc(C#N)c4)c(C=O)cc3Cl)c2C)c1. The lowest BCUT2D eigenvalue weighted by Crippen LogP contribution is -2.50. The Morgan fingerprint density at radius 1 is 0.870 bits per heavy atom. The molecule has 6 rings (SSSR count). The van der Waals surface area contributed by atoms with Gasteiger partial charge in [0, 0.05) is 61.5 Å². The van der Waals surface area contributed by atoms with E-state index in [0.717, 1.165) is 39.1 Å². The van der Waals surface area contributed by atoms with Crippen molar-refractivity contribution < 1.29 is 23.8 Å². The first-order chi connectivity index (χ1) is 25.9. The highest BCUT2D eigenvalue weighted by Crippen LogP contribution is 2.39. The molecule has 54 heavy (non-hydrogen) atoms. The van der Waals surface area contributed by atoms with Crippen LogP contribution in [-0.4, -0.2) is 54.0 Å². The molecule has 10 heteroatoms. The summed E-state index contributed by atoms with van der Waals surface area (Å²) in [5, 5.41) is 9.50. The van der Waals surface area contributed by atoms with Gasteiger partial charge in [0.05, 0.1) is 16.1 Å². The lowest BCUT2D eigenvalue weighted by Gasteiger charge is -2.37. The summed E-state index contributed by atoms with van der Waals surface area (Å²) in [5.74, 6) is 0.678. The zero-order chi connectivity index (χ0) is 38.4. The van der Waals surface area contributed by atoms with Gasteiger partial charge in [-0.15, -0.1) is 0 Å². The molecule has 1 aliphatic heterocycles. The number of nitriles is 1. The number of nitrogens with zero attached hydrogens (tertiary/aromatic N) is 4. The highest BCUT2D eigenvalue weighted by Gasteiger charge is 2.27. The summed E-state index contributed by atoms with van der Waals surface area (Å²) in [6.45, 7) is 12.6. The van der Waals surface area contributed by atoms with Crippen LogP contribution in [0.2, 0.25) is 5.02 Å². The van der Waals surface area contributed by atoms with Crippen molar-refractivity contribution in [2.24, 2.45) is 0 Å². The third-order valence-electron chi connectivity index (χ3n) is 9.35.